The molecule has 6 heteroatoms. The van der Waals surface area contributed by atoms with Gasteiger partial charge in [0.05, 0.1) is 10.9 Å². The quantitative estimate of drug-likeness (QED) is 0.800. The van der Waals surface area contributed by atoms with Gasteiger partial charge in [-0.25, -0.2) is 4.98 Å². The van der Waals surface area contributed by atoms with Gasteiger partial charge in [0, 0.05) is 21.7 Å². The van der Waals surface area contributed by atoms with Gasteiger partial charge in [-0.15, -0.1) is 11.8 Å². The highest BCUT2D eigenvalue weighted by Gasteiger charge is 2.30. The average Bonchev–Trinajstić information content (AvgIpc) is 2.34. The molecule has 3 nitrogen and oxygen atoms in total. The Labute approximate surface area is 137 Å². The Morgan fingerprint density at radius 2 is 1.95 bits per heavy atom. The molecule has 0 bridgehead atoms. The van der Waals surface area contributed by atoms with Gasteiger partial charge in [0.2, 0.25) is 0 Å². The first-order valence-corrected chi connectivity index (χ1v) is 9.56. The van der Waals surface area contributed by atoms with Crippen LogP contribution in [-0.4, -0.2) is 26.2 Å². The van der Waals surface area contributed by atoms with Gasteiger partial charge in [0.1, 0.15) is 10.3 Å². The van der Waals surface area contributed by atoms with Crippen molar-refractivity contribution in [1.82, 2.24) is 9.97 Å². The molecule has 1 aliphatic heterocycles. The molecule has 0 aliphatic carbocycles. The summed E-state index contributed by atoms with van der Waals surface area (Å²) in [6, 6.07) is 0. The molecule has 20 heavy (non-hydrogen) atoms. The van der Waals surface area contributed by atoms with E-state index < -0.39 is 0 Å². The van der Waals surface area contributed by atoms with Gasteiger partial charge in [-0.05, 0) is 15.9 Å². The van der Waals surface area contributed by atoms with Crippen molar-refractivity contribution in [1.29, 1.82) is 0 Å². The molecule has 1 aromatic heterocycles. The fourth-order valence-corrected chi connectivity index (χ4v) is 5.70. The molecule has 1 aromatic rings. The monoisotopic (exact) mass is 376 g/mol. The number of thioether (sulfide) groups is 2. The van der Waals surface area contributed by atoms with Crippen LogP contribution in [0.4, 0.5) is 0 Å². The zero-order chi connectivity index (χ0) is 15.1. The molecule has 0 saturated carbocycles. The van der Waals surface area contributed by atoms with Crippen molar-refractivity contribution in [2.45, 2.75) is 55.8 Å². The summed E-state index contributed by atoms with van der Waals surface area (Å²) in [4.78, 5) is 19.8. The SMILES string of the molecule is CC1SCC(c2nc(C(C)(C)C)c(Br)c(=O)[nH]2)SC1C. The molecule has 0 radical (unpaired) electrons. The van der Waals surface area contributed by atoms with Crippen molar-refractivity contribution in [2.75, 3.05) is 5.75 Å². The molecule has 2 rings (SSSR count). The van der Waals surface area contributed by atoms with E-state index in [0.29, 0.717) is 15.0 Å². The minimum Gasteiger partial charge on any atom is -0.309 e. The summed E-state index contributed by atoms with van der Waals surface area (Å²) in [5, 5.41) is 1.50. The number of hydrogen-bond acceptors (Lipinski definition) is 4. The van der Waals surface area contributed by atoms with Crippen LogP contribution in [0.25, 0.3) is 0 Å². The molecule has 1 fully saturated rings. The van der Waals surface area contributed by atoms with E-state index in [1.807, 2.05) is 23.5 Å². The van der Waals surface area contributed by atoms with Crippen LogP contribution in [0.2, 0.25) is 0 Å². The Kier molecular flexibility index (Phi) is 4.97. The number of hydrogen-bond donors (Lipinski definition) is 1. The standard InChI is InChI=1S/C14H21BrN2OS2/c1-7-8(2)20-9(6-19-7)12-16-11(14(3,4)5)10(15)13(18)17-12/h7-9H,6H2,1-5H3,(H,16,17,18). The lowest BCUT2D eigenvalue weighted by Crippen LogP contribution is -2.28. The second-order valence-electron chi connectivity index (χ2n) is 6.23. The van der Waals surface area contributed by atoms with E-state index in [4.69, 9.17) is 4.98 Å². The normalized spacial score (nSPS) is 27.6. The van der Waals surface area contributed by atoms with Gasteiger partial charge in [-0.2, -0.15) is 11.8 Å². The highest BCUT2D eigenvalue weighted by Crippen LogP contribution is 2.43. The Morgan fingerprint density at radius 1 is 1.30 bits per heavy atom. The summed E-state index contributed by atoms with van der Waals surface area (Å²) in [7, 11) is 0. The Balaban J connectivity index is 2.39. The van der Waals surface area contributed by atoms with Gasteiger partial charge >= 0.3 is 0 Å². The van der Waals surface area contributed by atoms with E-state index in [9.17, 15) is 4.79 Å². The zero-order valence-corrected chi connectivity index (χ0v) is 15.7. The van der Waals surface area contributed by atoms with E-state index in [-0.39, 0.29) is 16.2 Å². The van der Waals surface area contributed by atoms with Gasteiger partial charge in [-0.1, -0.05) is 34.6 Å². The summed E-state index contributed by atoms with van der Waals surface area (Å²) >= 11 is 7.25. The number of nitrogens with one attached hydrogen (secondary N) is 1. The number of aromatic nitrogens is 2. The van der Waals surface area contributed by atoms with Crippen LogP contribution in [0.3, 0.4) is 0 Å². The van der Waals surface area contributed by atoms with Crippen LogP contribution in [-0.2, 0) is 5.41 Å². The number of halogens is 1. The third-order valence-corrected chi connectivity index (χ3v) is 7.58. The molecule has 0 aromatic carbocycles. The van der Waals surface area contributed by atoms with E-state index in [1.165, 1.54) is 0 Å². The largest absolute Gasteiger partial charge is 0.309 e. The van der Waals surface area contributed by atoms with Crippen molar-refractivity contribution in [2.24, 2.45) is 0 Å². The number of aromatic amines is 1. The van der Waals surface area contributed by atoms with E-state index in [1.54, 1.807) is 0 Å². The minimum atomic E-state index is -0.146. The first kappa shape index (κ1) is 16.4. The predicted molar refractivity (Wildman–Crippen MR) is 93.0 cm³/mol. The highest BCUT2D eigenvalue weighted by atomic mass is 79.9. The molecular formula is C14H21BrN2OS2. The molecule has 3 atom stereocenters. The smallest absolute Gasteiger partial charge is 0.265 e. The fraction of sp³-hybridized carbons (Fsp3) is 0.714. The van der Waals surface area contributed by atoms with E-state index in [0.717, 1.165) is 17.3 Å². The van der Waals surface area contributed by atoms with Crippen LogP contribution in [0.5, 0.6) is 0 Å². The number of nitrogens with zero attached hydrogens (tertiary/aromatic N) is 1. The lowest BCUT2D eigenvalue weighted by Gasteiger charge is -2.31. The zero-order valence-electron chi connectivity index (χ0n) is 12.5. The highest BCUT2D eigenvalue weighted by molar-refractivity contribution is 9.10. The second-order valence-corrected chi connectivity index (χ2v) is 10.0. The Bertz CT molecular complexity index is 553. The van der Waals surface area contributed by atoms with E-state index in [2.05, 4.69) is 55.5 Å². The first-order chi connectivity index (χ1) is 9.20. The Morgan fingerprint density at radius 3 is 2.50 bits per heavy atom. The maximum Gasteiger partial charge on any atom is 0.265 e. The van der Waals surface area contributed by atoms with Gasteiger partial charge < -0.3 is 4.98 Å². The molecule has 2 heterocycles. The maximum atomic E-state index is 12.1. The third kappa shape index (κ3) is 3.45. The summed E-state index contributed by atoms with van der Waals surface area (Å²) < 4.78 is 0.559. The van der Waals surface area contributed by atoms with Gasteiger partial charge in [0.25, 0.3) is 5.56 Å². The van der Waals surface area contributed by atoms with E-state index >= 15 is 0 Å². The van der Waals surface area contributed by atoms with Gasteiger partial charge in [0.15, 0.2) is 0 Å². The van der Waals surface area contributed by atoms with Crippen LogP contribution >= 0.6 is 39.5 Å². The van der Waals surface area contributed by atoms with Crippen LogP contribution in [0, 0.1) is 0 Å². The molecule has 1 saturated heterocycles. The summed E-state index contributed by atoms with van der Waals surface area (Å²) in [6.45, 7) is 10.7. The van der Waals surface area contributed by atoms with Gasteiger partial charge in [-0.3, -0.25) is 4.79 Å². The van der Waals surface area contributed by atoms with Crippen LogP contribution in [0.15, 0.2) is 9.27 Å². The molecule has 1 N–H and O–H groups in total. The van der Waals surface area contributed by atoms with Crippen molar-refractivity contribution < 1.29 is 0 Å². The van der Waals surface area contributed by atoms with Crippen LogP contribution in [0.1, 0.15) is 51.4 Å². The van der Waals surface area contributed by atoms with Crippen LogP contribution < -0.4 is 5.56 Å². The predicted octanol–water partition coefficient (Wildman–Crippen LogP) is 4.13. The lowest BCUT2D eigenvalue weighted by molar-refractivity contribution is 0.556. The molecular weight excluding hydrogens is 356 g/mol. The first-order valence-electron chi connectivity index (χ1n) is 6.77. The topological polar surface area (TPSA) is 45.8 Å². The second kappa shape index (κ2) is 6.05. The molecule has 0 amide bonds. The van der Waals surface area contributed by atoms with Crippen molar-refractivity contribution >= 4 is 39.5 Å². The summed E-state index contributed by atoms with van der Waals surface area (Å²) in [6.07, 6.45) is 0. The van der Waals surface area contributed by atoms with Crippen molar-refractivity contribution in [3.63, 3.8) is 0 Å². The lowest BCUT2D eigenvalue weighted by atomic mass is 9.92. The molecule has 0 spiro atoms. The van der Waals surface area contributed by atoms with Crippen molar-refractivity contribution in [3.05, 3.63) is 26.3 Å². The summed E-state index contributed by atoms with van der Waals surface area (Å²) in [5.41, 5.74) is 0.623. The number of H-pyrrole nitrogens is 1. The molecule has 112 valence electrons. The molecule has 3 unspecified atom stereocenters. The molecule has 1 aliphatic rings. The average molecular weight is 377 g/mol. The maximum absolute atomic E-state index is 12.1. The minimum absolute atomic E-state index is 0.0724. The third-order valence-electron chi connectivity index (χ3n) is 3.45. The number of rotatable bonds is 1. The fourth-order valence-electron chi connectivity index (χ4n) is 2.05. The van der Waals surface area contributed by atoms with Crippen molar-refractivity contribution in [3.8, 4) is 0 Å². The summed E-state index contributed by atoms with van der Waals surface area (Å²) in [5.74, 6) is 1.82. The Hall–Kier alpha value is 0.0600.